The molecule has 13 rings (SSSR count). The van der Waals surface area contributed by atoms with Crippen LogP contribution in [-0.4, -0.2) is 21.1 Å². The summed E-state index contributed by atoms with van der Waals surface area (Å²) in [5, 5.41) is 16.4. The lowest BCUT2D eigenvalue weighted by atomic mass is 9.48. The van der Waals surface area contributed by atoms with Gasteiger partial charge in [-0.2, -0.15) is 0 Å². The van der Waals surface area contributed by atoms with E-state index in [9.17, 15) is 0 Å². The molecule has 0 aliphatic heterocycles. The van der Waals surface area contributed by atoms with Gasteiger partial charge in [0.05, 0.1) is 21.7 Å². The molecule has 0 saturated heterocycles. The summed E-state index contributed by atoms with van der Waals surface area (Å²) in [6.45, 7) is 124. The zero-order valence-corrected chi connectivity index (χ0v) is 102. The van der Waals surface area contributed by atoms with Gasteiger partial charge in [0.1, 0.15) is 0 Å². The topological polar surface area (TPSA) is 12.9 Å². The Balaban J connectivity index is 0.000000225. The number of fused-ring (bicyclic) bond motifs is 5. The normalized spacial score (nSPS) is 14.6. The first-order valence-electron chi connectivity index (χ1n) is 54.6. The lowest BCUT2D eigenvalue weighted by Gasteiger charge is -2.56. The number of pyridine rings is 1. The van der Waals surface area contributed by atoms with E-state index in [1.807, 2.05) is 0 Å². The molecule has 12 aromatic rings. The number of aromatic nitrogens is 1. The summed E-state index contributed by atoms with van der Waals surface area (Å²) in [5.41, 5.74) is 34.6. The molecule has 0 atom stereocenters. The van der Waals surface area contributed by atoms with Crippen molar-refractivity contribution in [3.8, 4) is 0 Å². The fourth-order valence-corrected chi connectivity index (χ4v) is 37.9. The number of benzene rings is 11. The molecule has 1 aliphatic carbocycles. The van der Waals surface area contributed by atoms with Gasteiger partial charge in [0, 0.05) is 11.1 Å². The fraction of sp³-hybridized carbons (Fsp3) is 0.555. The summed E-state index contributed by atoms with van der Waals surface area (Å²) in [6, 6.07) is 70.4. The van der Waals surface area contributed by atoms with Gasteiger partial charge in [0.2, 0.25) is 0 Å². The molecule has 0 unspecified atom stereocenters. The van der Waals surface area contributed by atoms with Gasteiger partial charge in [-0.15, -0.1) is 0 Å². The maximum Gasteiger partial charge on any atom is 0.0950 e. The Kier molecular flexibility index (Phi) is 38.4. The number of hydrogen-bond donors (Lipinski definition) is 0. The lowest BCUT2D eigenvalue weighted by molar-refractivity contribution is -0.00899. The van der Waals surface area contributed by atoms with Crippen LogP contribution in [0, 0.1) is 97.3 Å². The molecule has 1 saturated carbocycles. The van der Waals surface area contributed by atoms with Crippen LogP contribution in [-0.2, 0) is 43.3 Å². The molecule has 0 spiro atoms. The standard InChI is InChI=1S/C27H40.C24H38Si.C22H32.C21H32Si.C19H27N.C13H20.C11H16/c1-18-19-13-11-12-14-20(19)21(15-22(18)24(2,3)4)23-26(7,8)16-25(5,6)17-27(23,9)10;1-16(2)25(17(3)4,18(5)6)23-15-22(24(8,9)10)19(7)20-13-11-12-14-21(20)23;1-14(2)21(15(3)4)19-13-20(22(6,7)8)16(5)17-11-9-10-12-18(17)19;1-8-22(9-2,10-3)20-15-19(21(5,6)7)16(4)17-13-11-12-14-18(17)20;1-12-9-10-14-13(2)15(18(3,4)5)11-16(17(14)20-12)19(6,7)8;1-9-7-10(2)11(3)12(8-9)13(4,5)6;1-9-7-5-6-8-10(9)11(2,3)4/h11-15,23H,16-17H2,1-10H3;11-18H,1-10H3;9-15,21H,1-8H3;11-15H,8-10H2,1-7H3;9-11H,1-8H3;7-8H,1-6H3;5-8H,1-4H3. The van der Waals surface area contributed by atoms with Crippen molar-refractivity contribution < 1.29 is 0 Å². The van der Waals surface area contributed by atoms with E-state index in [-0.39, 0.29) is 54.1 Å². The van der Waals surface area contributed by atoms with E-state index in [2.05, 4.69) is 543 Å². The van der Waals surface area contributed by atoms with E-state index in [1.54, 1.807) is 15.9 Å². The Morgan fingerprint density at radius 1 is 0.293 bits per heavy atom. The number of nitrogens with zero attached hydrogens (tertiary/aromatic N) is 1. The SMILES string of the molecule is CC[Si](CC)(CC)c1cc(C(C)(C)C)c(C)c2ccccc12.Cc1c(C(C)(C)C)cc(C(C(C)C)C(C)C)c2ccccc12.Cc1c(C(C)(C)C)cc(C2C(C)(C)CC(C)(C)CC2(C)C)c2ccccc12.Cc1c(C(C)(C)C)cc([Si](C(C)C)(C(C)C)C(C)C)c2ccccc12.Cc1cc(C)c(C)c(C(C)(C)C)c1.Cc1ccc2c(C)c(C(C)(C)C)cc(C(C)(C)C)c2n1.Cc1ccccc1C(C)(C)C. The average molecular weight is 1920 g/mol. The summed E-state index contributed by atoms with van der Waals surface area (Å²) >= 11 is 0. The van der Waals surface area contributed by atoms with Crippen molar-refractivity contribution in [1.29, 1.82) is 0 Å². The summed E-state index contributed by atoms with van der Waals surface area (Å²) in [6.07, 6.45) is 2.56. The highest BCUT2D eigenvalue weighted by Crippen LogP contribution is 2.63. The summed E-state index contributed by atoms with van der Waals surface area (Å²) in [7, 11) is -3.09. The number of hydrogen-bond acceptors (Lipinski definition) is 1. The van der Waals surface area contributed by atoms with Crippen molar-refractivity contribution in [2.24, 2.45) is 28.1 Å². The second kappa shape index (κ2) is 45.1. The molecule has 0 N–H and O–H groups in total. The average Bonchev–Trinajstić information content (AvgIpc) is 0.718. The van der Waals surface area contributed by atoms with Crippen molar-refractivity contribution in [1.82, 2.24) is 4.98 Å². The summed E-state index contributed by atoms with van der Waals surface area (Å²) in [4.78, 5) is 4.83. The van der Waals surface area contributed by atoms with Crippen LogP contribution in [0.5, 0.6) is 0 Å². The first-order valence-corrected chi connectivity index (χ1v) is 59.4. The van der Waals surface area contributed by atoms with Crippen LogP contribution >= 0.6 is 0 Å². The first-order chi connectivity index (χ1) is 63.9. The molecule has 1 aliphatic rings. The molecule has 3 heteroatoms. The number of aryl methyl sites for hydroxylation is 9. The van der Waals surface area contributed by atoms with Crippen LogP contribution < -0.4 is 10.4 Å². The van der Waals surface area contributed by atoms with Crippen molar-refractivity contribution in [3.05, 3.63) is 287 Å². The van der Waals surface area contributed by atoms with Gasteiger partial charge in [-0.3, -0.25) is 4.98 Å². The van der Waals surface area contributed by atoms with E-state index < -0.39 is 16.1 Å². The summed E-state index contributed by atoms with van der Waals surface area (Å²) in [5.74, 6) is 2.47. The Bertz CT molecular complexity index is 6150. The van der Waals surface area contributed by atoms with E-state index >= 15 is 0 Å². The quantitative estimate of drug-likeness (QED) is 0.111. The maximum atomic E-state index is 4.83. The minimum Gasteiger partial charge on any atom is -0.253 e. The third-order valence-corrected chi connectivity index (χ3v) is 45.3. The van der Waals surface area contributed by atoms with E-state index in [4.69, 9.17) is 4.98 Å². The van der Waals surface area contributed by atoms with Crippen molar-refractivity contribution >= 4 is 80.5 Å². The maximum absolute atomic E-state index is 4.83. The van der Waals surface area contributed by atoms with Crippen LogP contribution in [0.4, 0.5) is 0 Å². The van der Waals surface area contributed by atoms with Crippen LogP contribution in [0.1, 0.15) is 434 Å². The van der Waals surface area contributed by atoms with Gasteiger partial charge in [0.15, 0.2) is 0 Å². The molecule has 1 heterocycles. The van der Waals surface area contributed by atoms with E-state index in [1.165, 1.54) is 185 Å². The zero-order valence-electron chi connectivity index (χ0n) is 100. The monoisotopic (exact) mass is 1920 g/mol. The Labute approximate surface area is 864 Å². The van der Waals surface area contributed by atoms with Gasteiger partial charge in [-0.1, -0.05) is 502 Å². The third kappa shape index (κ3) is 27.1. The predicted octanol–water partition coefficient (Wildman–Crippen LogP) is 41.4. The molecule has 1 aromatic heterocycles. The Morgan fingerprint density at radius 2 is 0.600 bits per heavy atom. The van der Waals surface area contributed by atoms with Crippen molar-refractivity contribution in [2.75, 3.05) is 0 Å². The van der Waals surface area contributed by atoms with Crippen molar-refractivity contribution in [3.63, 3.8) is 0 Å². The molecule has 140 heavy (non-hydrogen) atoms. The smallest absolute Gasteiger partial charge is 0.0950 e. The molecule has 1 fully saturated rings. The van der Waals surface area contributed by atoms with Gasteiger partial charge in [-0.25, -0.2) is 0 Å². The fourth-order valence-electron chi connectivity index (χ4n) is 27.1. The van der Waals surface area contributed by atoms with Crippen LogP contribution in [0.15, 0.2) is 176 Å². The molecule has 766 valence electrons. The molecule has 1 nitrogen and oxygen atoms in total. The largest absolute Gasteiger partial charge is 0.253 e. The van der Waals surface area contributed by atoms with E-state index in [0.29, 0.717) is 29.1 Å². The second-order valence-electron chi connectivity index (χ2n) is 55.3. The minimum atomic E-state index is -1.70. The lowest BCUT2D eigenvalue weighted by Crippen LogP contribution is -2.56. The van der Waals surface area contributed by atoms with Crippen LogP contribution in [0.3, 0.4) is 0 Å². The van der Waals surface area contributed by atoms with Gasteiger partial charge in [0.25, 0.3) is 0 Å². The van der Waals surface area contributed by atoms with Crippen LogP contribution in [0.2, 0.25) is 34.8 Å². The van der Waals surface area contributed by atoms with Crippen molar-refractivity contribution in [2.45, 2.75) is 470 Å². The van der Waals surface area contributed by atoms with E-state index in [0.717, 1.165) is 22.3 Å². The molecular formula is C137H205NSi2. The zero-order chi connectivity index (χ0) is 107. The van der Waals surface area contributed by atoms with Gasteiger partial charge >= 0.3 is 0 Å². The summed E-state index contributed by atoms with van der Waals surface area (Å²) < 4.78 is 0. The van der Waals surface area contributed by atoms with Crippen LogP contribution in [0.25, 0.3) is 54.0 Å². The molecule has 0 amide bonds. The van der Waals surface area contributed by atoms with Gasteiger partial charge in [-0.05, 0) is 331 Å². The molecular weight excluding hydrogens is 1720 g/mol. The molecule has 11 aromatic carbocycles. The highest BCUT2D eigenvalue weighted by molar-refractivity contribution is 6.96. The highest BCUT2D eigenvalue weighted by atomic mass is 28.3. The number of rotatable bonds is 12. The Morgan fingerprint density at radius 3 is 0.964 bits per heavy atom. The first kappa shape index (κ1) is 119. The molecule has 0 radical (unpaired) electrons. The molecule has 0 bridgehead atoms. The minimum absolute atomic E-state index is 0.104. The third-order valence-electron chi connectivity index (χ3n) is 32.6. The Hall–Kier alpha value is -7.70. The predicted molar refractivity (Wildman–Crippen MR) is 641 cm³/mol. The highest BCUT2D eigenvalue weighted by Gasteiger charge is 2.52. The van der Waals surface area contributed by atoms with Gasteiger partial charge < -0.3 is 0 Å². The second-order valence-corrected chi connectivity index (χ2v) is 66.4.